The lowest BCUT2D eigenvalue weighted by Gasteiger charge is -2.41. The number of nitrogens with one attached hydrogen (secondary N) is 1. The van der Waals surface area contributed by atoms with Gasteiger partial charge in [-0.2, -0.15) is 0 Å². The first-order valence-electron chi connectivity index (χ1n) is 8.63. The summed E-state index contributed by atoms with van der Waals surface area (Å²) < 4.78 is 0. The van der Waals surface area contributed by atoms with Gasteiger partial charge in [0.25, 0.3) is 0 Å². The summed E-state index contributed by atoms with van der Waals surface area (Å²) in [5.74, 6) is 0.989. The third-order valence-corrected chi connectivity index (χ3v) is 5.18. The van der Waals surface area contributed by atoms with Crippen LogP contribution in [0.5, 0.6) is 0 Å². The van der Waals surface area contributed by atoms with Crippen molar-refractivity contribution in [1.29, 1.82) is 0 Å². The van der Waals surface area contributed by atoms with E-state index in [0.29, 0.717) is 6.04 Å². The molecule has 4 heteroatoms. The number of likely N-dealkylation sites (tertiary alicyclic amines) is 1. The van der Waals surface area contributed by atoms with Gasteiger partial charge < -0.3 is 15.3 Å². The van der Waals surface area contributed by atoms with E-state index in [1.165, 1.54) is 0 Å². The highest BCUT2D eigenvalue weighted by Crippen LogP contribution is 2.32. The molecule has 1 saturated carbocycles. The van der Waals surface area contributed by atoms with Gasteiger partial charge >= 0.3 is 0 Å². The molecule has 0 aromatic heterocycles. The Kier molecular flexibility index (Phi) is 5.67. The van der Waals surface area contributed by atoms with Gasteiger partial charge in [0.15, 0.2) is 0 Å². The van der Waals surface area contributed by atoms with Crippen molar-refractivity contribution in [1.82, 2.24) is 10.2 Å². The fraction of sp³-hybridized carbons (Fsp3) is 0.941. The second kappa shape index (κ2) is 7.10. The van der Waals surface area contributed by atoms with E-state index < -0.39 is 5.60 Å². The smallest absolute Gasteiger partial charge is 0.222 e. The highest BCUT2D eigenvalue weighted by atomic mass is 16.3. The van der Waals surface area contributed by atoms with E-state index in [2.05, 4.69) is 17.1 Å². The van der Waals surface area contributed by atoms with Crippen LogP contribution in [0.4, 0.5) is 0 Å². The first-order valence-corrected chi connectivity index (χ1v) is 8.63. The molecule has 1 heterocycles. The summed E-state index contributed by atoms with van der Waals surface area (Å²) in [6.07, 6.45) is 6.20. The zero-order chi connectivity index (χ0) is 15.5. The van der Waals surface area contributed by atoms with Gasteiger partial charge in [0.1, 0.15) is 0 Å². The Morgan fingerprint density at radius 2 is 1.81 bits per heavy atom. The Bertz CT molecular complexity index is 341. The molecule has 122 valence electrons. The third-order valence-electron chi connectivity index (χ3n) is 5.18. The van der Waals surface area contributed by atoms with Crippen LogP contribution in [0.15, 0.2) is 0 Å². The highest BCUT2D eigenvalue weighted by Gasteiger charge is 2.34. The first-order chi connectivity index (χ1) is 9.88. The van der Waals surface area contributed by atoms with Crippen LogP contribution in [0, 0.1) is 11.8 Å². The van der Waals surface area contributed by atoms with E-state index in [1.54, 1.807) is 0 Å². The number of β-amino-alcohol motifs (C(OH)–C–C–N with tert-alkyl or cyclic N) is 1. The molecule has 0 aromatic carbocycles. The van der Waals surface area contributed by atoms with E-state index in [9.17, 15) is 9.90 Å². The molecule has 0 bridgehead atoms. The molecule has 1 aliphatic carbocycles. The van der Waals surface area contributed by atoms with E-state index in [0.717, 1.165) is 64.1 Å². The monoisotopic (exact) mass is 296 g/mol. The minimum absolute atomic E-state index is 0.0629. The van der Waals surface area contributed by atoms with Crippen LogP contribution in [-0.2, 0) is 4.79 Å². The van der Waals surface area contributed by atoms with Crippen LogP contribution in [-0.4, -0.2) is 47.2 Å². The van der Waals surface area contributed by atoms with E-state index in [4.69, 9.17) is 0 Å². The van der Waals surface area contributed by atoms with Crippen molar-refractivity contribution in [2.24, 2.45) is 11.8 Å². The largest absolute Gasteiger partial charge is 0.389 e. The Labute approximate surface area is 129 Å². The fourth-order valence-electron chi connectivity index (χ4n) is 3.48. The molecule has 4 nitrogen and oxygen atoms in total. The number of amides is 1. The number of nitrogens with zero attached hydrogens (tertiary/aromatic N) is 1. The molecule has 2 rings (SSSR count). The normalized spacial score (nSPS) is 32.3. The lowest BCUT2D eigenvalue weighted by Crippen LogP contribution is -2.51. The zero-order valence-electron chi connectivity index (χ0n) is 13.9. The van der Waals surface area contributed by atoms with Gasteiger partial charge in [-0.1, -0.05) is 20.8 Å². The topological polar surface area (TPSA) is 52.6 Å². The predicted octanol–water partition coefficient (Wildman–Crippen LogP) is 2.16. The summed E-state index contributed by atoms with van der Waals surface area (Å²) in [5, 5.41) is 13.8. The SMILES string of the molecule is CC1CCC(O)(CN2CCC(NC(=O)C(C)C)CC2)CC1. The second-order valence-corrected chi connectivity index (χ2v) is 7.62. The van der Waals surface area contributed by atoms with Crippen molar-refractivity contribution in [3.63, 3.8) is 0 Å². The van der Waals surface area contributed by atoms with Gasteiger partial charge in [-0.05, 0) is 44.4 Å². The lowest BCUT2D eigenvalue weighted by molar-refractivity contribution is -0.125. The number of carbonyl (C=O) groups is 1. The van der Waals surface area contributed by atoms with Crippen LogP contribution < -0.4 is 5.32 Å². The Balaban J connectivity index is 1.73. The molecule has 2 aliphatic rings. The molecule has 0 radical (unpaired) electrons. The number of hydrogen-bond acceptors (Lipinski definition) is 3. The van der Waals surface area contributed by atoms with Crippen molar-refractivity contribution in [2.45, 2.75) is 70.9 Å². The summed E-state index contributed by atoms with van der Waals surface area (Å²) in [6.45, 7) is 8.93. The van der Waals surface area contributed by atoms with Crippen LogP contribution in [0.2, 0.25) is 0 Å². The maximum atomic E-state index is 11.7. The molecule has 0 atom stereocenters. The van der Waals surface area contributed by atoms with Crippen LogP contribution in [0.1, 0.15) is 59.3 Å². The van der Waals surface area contributed by atoms with E-state index in [1.807, 2.05) is 13.8 Å². The van der Waals surface area contributed by atoms with Crippen LogP contribution >= 0.6 is 0 Å². The van der Waals surface area contributed by atoms with Gasteiger partial charge in [-0.25, -0.2) is 0 Å². The second-order valence-electron chi connectivity index (χ2n) is 7.62. The van der Waals surface area contributed by atoms with Crippen molar-refractivity contribution in [2.75, 3.05) is 19.6 Å². The standard InChI is InChI=1S/C17H32N2O2/c1-13(2)16(20)18-15-6-10-19(11-7-15)12-17(21)8-4-14(3)5-9-17/h13-15,21H,4-12H2,1-3H3,(H,18,20). The number of hydrogen-bond donors (Lipinski definition) is 2. The molecule has 1 aliphatic heterocycles. The van der Waals surface area contributed by atoms with Crippen LogP contribution in [0.25, 0.3) is 0 Å². The average molecular weight is 296 g/mol. The summed E-state index contributed by atoms with van der Waals surface area (Å²) in [6, 6.07) is 0.317. The van der Waals surface area contributed by atoms with Crippen molar-refractivity contribution < 1.29 is 9.90 Å². The molecular formula is C17H32N2O2. The molecule has 1 saturated heterocycles. The first kappa shape index (κ1) is 16.8. The molecule has 1 amide bonds. The third kappa shape index (κ3) is 4.96. The maximum absolute atomic E-state index is 11.7. The number of aliphatic hydroxyl groups is 1. The average Bonchev–Trinajstić information content (AvgIpc) is 2.44. The minimum Gasteiger partial charge on any atom is -0.389 e. The minimum atomic E-state index is -0.472. The van der Waals surface area contributed by atoms with E-state index >= 15 is 0 Å². The van der Waals surface area contributed by atoms with Gasteiger partial charge in [0.05, 0.1) is 5.60 Å². The predicted molar refractivity (Wildman–Crippen MR) is 85.0 cm³/mol. The Hall–Kier alpha value is -0.610. The summed E-state index contributed by atoms with van der Waals surface area (Å²) in [5.41, 5.74) is -0.472. The number of carbonyl (C=O) groups excluding carboxylic acids is 1. The van der Waals surface area contributed by atoms with Gasteiger partial charge in [-0.15, -0.1) is 0 Å². The van der Waals surface area contributed by atoms with Crippen molar-refractivity contribution in [3.05, 3.63) is 0 Å². The van der Waals surface area contributed by atoms with Crippen LogP contribution in [0.3, 0.4) is 0 Å². The quantitative estimate of drug-likeness (QED) is 0.836. The molecule has 0 unspecified atom stereocenters. The molecule has 21 heavy (non-hydrogen) atoms. The zero-order valence-corrected chi connectivity index (χ0v) is 13.9. The fourth-order valence-corrected chi connectivity index (χ4v) is 3.48. The van der Waals surface area contributed by atoms with E-state index in [-0.39, 0.29) is 11.8 Å². The molecule has 0 aromatic rings. The Morgan fingerprint density at radius 1 is 1.24 bits per heavy atom. The Morgan fingerprint density at radius 3 is 2.33 bits per heavy atom. The number of rotatable bonds is 4. The van der Waals surface area contributed by atoms with Gasteiger partial charge in [0.2, 0.25) is 5.91 Å². The summed E-state index contributed by atoms with van der Waals surface area (Å²) in [7, 11) is 0. The van der Waals surface area contributed by atoms with Crippen molar-refractivity contribution >= 4 is 5.91 Å². The van der Waals surface area contributed by atoms with Gasteiger partial charge in [0, 0.05) is 31.6 Å². The molecule has 2 fully saturated rings. The molecule has 0 spiro atoms. The summed E-state index contributed by atoms with van der Waals surface area (Å²) >= 11 is 0. The number of piperidine rings is 1. The van der Waals surface area contributed by atoms with Crippen molar-refractivity contribution in [3.8, 4) is 0 Å². The molecular weight excluding hydrogens is 264 g/mol. The maximum Gasteiger partial charge on any atom is 0.222 e. The van der Waals surface area contributed by atoms with Gasteiger partial charge in [-0.3, -0.25) is 4.79 Å². The summed E-state index contributed by atoms with van der Waals surface area (Å²) in [4.78, 5) is 14.1. The highest BCUT2D eigenvalue weighted by molar-refractivity contribution is 5.78. The molecule has 2 N–H and O–H groups in total. The lowest BCUT2D eigenvalue weighted by atomic mass is 9.79.